The molecule has 1 saturated heterocycles. The van der Waals surface area contributed by atoms with Gasteiger partial charge in [0.1, 0.15) is 17.4 Å². The fourth-order valence-electron chi connectivity index (χ4n) is 3.10. The number of methoxy groups -OCH3 is 2. The Morgan fingerprint density at radius 3 is 2.85 bits per heavy atom. The highest BCUT2D eigenvalue weighted by molar-refractivity contribution is 5.87. The van der Waals surface area contributed by atoms with E-state index >= 15 is 0 Å². The summed E-state index contributed by atoms with van der Waals surface area (Å²) in [6, 6.07) is 6.01. The SMILES string of the molecule is COC(=O)CC1C(=O)NCCN1Cc1cc(=O)oc2cc(OC)ccc12. The lowest BCUT2D eigenvalue weighted by atomic mass is 10.0. The second-order valence-electron chi connectivity index (χ2n) is 6.01. The van der Waals surface area contributed by atoms with Crippen molar-refractivity contribution in [2.45, 2.75) is 19.0 Å². The van der Waals surface area contributed by atoms with E-state index in [9.17, 15) is 14.4 Å². The van der Waals surface area contributed by atoms with Crippen LogP contribution in [0.15, 0.2) is 33.5 Å². The Morgan fingerprint density at radius 1 is 1.31 bits per heavy atom. The lowest BCUT2D eigenvalue weighted by Crippen LogP contribution is -2.55. The van der Waals surface area contributed by atoms with Crippen LogP contribution in [0.25, 0.3) is 11.0 Å². The molecule has 2 aromatic rings. The lowest BCUT2D eigenvalue weighted by Gasteiger charge is -2.34. The molecule has 1 fully saturated rings. The molecule has 8 nitrogen and oxygen atoms in total. The summed E-state index contributed by atoms with van der Waals surface area (Å²) < 4.78 is 15.1. The molecule has 1 amide bonds. The van der Waals surface area contributed by atoms with Crippen LogP contribution < -0.4 is 15.7 Å². The topological polar surface area (TPSA) is 98.1 Å². The molecule has 1 unspecified atom stereocenters. The first-order valence-electron chi connectivity index (χ1n) is 8.21. The van der Waals surface area contributed by atoms with Crippen molar-refractivity contribution in [2.75, 3.05) is 27.3 Å². The van der Waals surface area contributed by atoms with Gasteiger partial charge < -0.3 is 19.2 Å². The summed E-state index contributed by atoms with van der Waals surface area (Å²) in [5, 5.41) is 3.51. The largest absolute Gasteiger partial charge is 0.497 e. The molecule has 0 aliphatic carbocycles. The van der Waals surface area contributed by atoms with Crippen LogP contribution in [-0.2, 0) is 20.9 Å². The second-order valence-corrected chi connectivity index (χ2v) is 6.01. The van der Waals surface area contributed by atoms with Crippen LogP contribution in [0.3, 0.4) is 0 Å². The van der Waals surface area contributed by atoms with Gasteiger partial charge in [0.05, 0.1) is 20.6 Å². The van der Waals surface area contributed by atoms with Crippen LogP contribution in [0.1, 0.15) is 12.0 Å². The third-order valence-corrected chi connectivity index (χ3v) is 4.44. The lowest BCUT2D eigenvalue weighted by molar-refractivity contribution is -0.146. The summed E-state index contributed by atoms with van der Waals surface area (Å²) >= 11 is 0. The van der Waals surface area contributed by atoms with Crippen LogP contribution in [0.5, 0.6) is 5.75 Å². The smallest absolute Gasteiger partial charge is 0.336 e. The van der Waals surface area contributed by atoms with Crippen molar-refractivity contribution in [3.05, 3.63) is 40.2 Å². The van der Waals surface area contributed by atoms with E-state index in [1.54, 1.807) is 12.1 Å². The Hall–Kier alpha value is -2.87. The average molecular weight is 360 g/mol. The zero-order valence-corrected chi connectivity index (χ0v) is 14.6. The van der Waals surface area contributed by atoms with Gasteiger partial charge in [0.2, 0.25) is 5.91 Å². The van der Waals surface area contributed by atoms with Crippen LogP contribution in [-0.4, -0.2) is 50.1 Å². The number of benzene rings is 1. The van der Waals surface area contributed by atoms with Gasteiger partial charge in [-0.05, 0) is 17.7 Å². The highest BCUT2D eigenvalue weighted by Gasteiger charge is 2.32. The van der Waals surface area contributed by atoms with E-state index in [4.69, 9.17) is 13.9 Å². The maximum Gasteiger partial charge on any atom is 0.336 e. The quantitative estimate of drug-likeness (QED) is 0.618. The maximum atomic E-state index is 12.2. The van der Waals surface area contributed by atoms with Crippen molar-refractivity contribution < 1.29 is 23.5 Å². The molecular weight excluding hydrogens is 340 g/mol. The van der Waals surface area contributed by atoms with Crippen molar-refractivity contribution in [1.29, 1.82) is 0 Å². The van der Waals surface area contributed by atoms with Crippen LogP contribution in [0.4, 0.5) is 0 Å². The molecule has 2 heterocycles. The minimum absolute atomic E-state index is 0.0461. The third-order valence-electron chi connectivity index (χ3n) is 4.44. The Labute approximate surface area is 149 Å². The summed E-state index contributed by atoms with van der Waals surface area (Å²) in [4.78, 5) is 37.7. The number of hydrogen-bond acceptors (Lipinski definition) is 7. The summed E-state index contributed by atoms with van der Waals surface area (Å²) in [6.45, 7) is 1.37. The number of piperazine rings is 1. The number of amides is 1. The minimum atomic E-state index is -0.642. The van der Waals surface area contributed by atoms with Crippen molar-refractivity contribution in [2.24, 2.45) is 0 Å². The Bertz CT molecular complexity index is 891. The molecule has 1 aliphatic heterocycles. The van der Waals surface area contributed by atoms with E-state index in [2.05, 4.69) is 5.32 Å². The molecule has 26 heavy (non-hydrogen) atoms. The van der Waals surface area contributed by atoms with Gasteiger partial charge in [-0.25, -0.2) is 4.79 Å². The van der Waals surface area contributed by atoms with Gasteiger partial charge in [0.25, 0.3) is 0 Å². The molecular formula is C18H20N2O6. The Kier molecular flexibility index (Phi) is 5.22. The summed E-state index contributed by atoms with van der Waals surface area (Å²) in [5.41, 5.74) is 0.660. The molecule has 1 N–H and O–H groups in total. The van der Waals surface area contributed by atoms with Gasteiger partial charge >= 0.3 is 11.6 Å². The van der Waals surface area contributed by atoms with Crippen LogP contribution in [0, 0.1) is 0 Å². The number of ether oxygens (including phenoxy) is 2. The molecule has 1 atom stereocenters. The fourth-order valence-corrected chi connectivity index (χ4v) is 3.10. The highest BCUT2D eigenvalue weighted by atomic mass is 16.5. The van der Waals surface area contributed by atoms with Crippen molar-refractivity contribution in [3.8, 4) is 5.75 Å². The number of rotatable bonds is 5. The van der Waals surface area contributed by atoms with Gasteiger partial charge in [-0.3, -0.25) is 14.5 Å². The van der Waals surface area contributed by atoms with Gasteiger partial charge in [-0.1, -0.05) is 0 Å². The third kappa shape index (κ3) is 3.70. The summed E-state index contributed by atoms with van der Waals surface area (Å²) in [7, 11) is 2.82. The number of carbonyl (C=O) groups is 2. The molecule has 138 valence electrons. The van der Waals surface area contributed by atoms with Gasteiger partial charge in [0, 0.05) is 37.2 Å². The predicted octanol–water partition coefficient (Wildman–Crippen LogP) is 0.665. The molecule has 1 aliphatic rings. The number of carbonyl (C=O) groups excluding carboxylic acids is 2. The minimum Gasteiger partial charge on any atom is -0.497 e. The average Bonchev–Trinajstić information content (AvgIpc) is 2.63. The first-order valence-corrected chi connectivity index (χ1v) is 8.21. The van der Waals surface area contributed by atoms with E-state index in [1.807, 2.05) is 11.0 Å². The maximum absolute atomic E-state index is 12.2. The molecule has 0 bridgehead atoms. The Morgan fingerprint density at radius 2 is 2.12 bits per heavy atom. The molecule has 0 saturated carbocycles. The number of fused-ring (bicyclic) bond motifs is 1. The molecule has 0 spiro atoms. The van der Waals surface area contributed by atoms with Crippen molar-refractivity contribution in [1.82, 2.24) is 10.2 Å². The van der Waals surface area contributed by atoms with Gasteiger partial charge in [0.15, 0.2) is 0 Å². The van der Waals surface area contributed by atoms with E-state index in [0.717, 1.165) is 10.9 Å². The number of esters is 1. The van der Waals surface area contributed by atoms with E-state index in [1.165, 1.54) is 20.3 Å². The molecule has 8 heteroatoms. The number of nitrogens with zero attached hydrogens (tertiary/aromatic N) is 1. The van der Waals surface area contributed by atoms with Crippen molar-refractivity contribution >= 4 is 22.8 Å². The van der Waals surface area contributed by atoms with E-state index in [0.29, 0.717) is 31.0 Å². The van der Waals surface area contributed by atoms with Gasteiger partial charge in [-0.2, -0.15) is 0 Å². The fraction of sp³-hybridized carbons (Fsp3) is 0.389. The monoisotopic (exact) mass is 360 g/mol. The molecule has 1 aromatic heterocycles. The number of hydrogen-bond donors (Lipinski definition) is 1. The van der Waals surface area contributed by atoms with Crippen molar-refractivity contribution in [3.63, 3.8) is 0 Å². The summed E-state index contributed by atoms with van der Waals surface area (Å²) in [6.07, 6.45) is -0.0461. The zero-order chi connectivity index (χ0) is 18.7. The zero-order valence-electron chi connectivity index (χ0n) is 14.6. The summed E-state index contributed by atoms with van der Waals surface area (Å²) in [5.74, 6) is -0.103. The molecule has 0 radical (unpaired) electrons. The van der Waals surface area contributed by atoms with E-state index < -0.39 is 17.6 Å². The molecule has 1 aromatic carbocycles. The first-order chi connectivity index (χ1) is 12.5. The second kappa shape index (κ2) is 7.57. The highest BCUT2D eigenvalue weighted by Crippen LogP contribution is 2.24. The van der Waals surface area contributed by atoms with Crippen LogP contribution >= 0.6 is 0 Å². The normalized spacial score (nSPS) is 17.8. The predicted molar refractivity (Wildman–Crippen MR) is 92.9 cm³/mol. The van der Waals surface area contributed by atoms with E-state index in [-0.39, 0.29) is 12.3 Å². The van der Waals surface area contributed by atoms with Gasteiger partial charge in [-0.15, -0.1) is 0 Å². The Balaban J connectivity index is 1.94. The number of nitrogens with one attached hydrogen (secondary N) is 1. The van der Waals surface area contributed by atoms with Crippen LogP contribution in [0.2, 0.25) is 0 Å². The molecule has 3 rings (SSSR count). The standard InChI is InChI=1S/C18H20N2O6/c1-24-12-3-4-13-11(7-17(22)26-15(13)8-12)10-20-6-5-19-18(23)14(20)9-16(21)25-2/h3-4,7-8,14H,5-6,9-10H2,1-2H3,(H,19,23). The first kappa shape index (κ1) is 17.9.